The normalized spacial score (nSPS) is 37.6. The summed E-state index contributed by atoms with van der Waals surface area (Å²) < 4.78 is 15.8. The van der Waals surface area contributed by atoms with Gasteiger partial charge in [0.15, 0.2) is 12.4 Å². The quantitative estimate of drug-likeness (QED) is 0.716. The highest BCUT2D eigenvalue weighted by Crippen LogP contribution is 2.22. The van der Waals surface area contributed by atoms with Crippen molar-refractivity contribution in [2.45, 2.75) is 37.8 Å². The molecular formula is C9H14O5. The molecule has 5 heteroatoms. The molecule has 0 aromatic carbocycles. The SMILES string of the molecule is O=C(O)C1COC(CC2CCCO2)O1. The molecule has 0 aromatic rings. The van der Waals surface area contributed by atoms with Crippen molar-refractivity contribution in [1.82, 2.24) is 0 Å². The van der Waals surface area contributed by atoms with Crippen molar-refractivity contribution in [3.63, 3.8) is 0 Å². The number of rotatable bonds is 3. The van der Waals surface area contributed by atoms with Gasteiger partial charge < -0.3 is 19.3 Å². The van der Waals surface area contributed by atoms with Crippen LogP contribution in [0.5, 0.6) is 0 Å². The topological polar surface area (TPSA) is 65.0 Å². The second-order valence-electron chi connectivity index (χ2n) is 3.60. The average molecular weight is 202 g/mol. The molecule has 0 spiro atoms. The first-order chi connectivity index (χ1) is 6.75. The standard InChI is InChI=1S/C9H14O5/c10-9(11)7-5-13-8(14-7)4-6-2-1-3-12-6/h6-8H,1-5H2,(H,10,11). The molecule has 0 aliphatic carbocycles. The summed E-state index contributed by atoms with van der Waals surface area (Å²) in [6, 6.07) is 0. The second-order valence-corrected chi connectivity index (χ2v) is 3.60. The third-order valence-electron chi connectivity index (χ3n) is 2.50. The Bertz CT molecular complexity index is 211. The second kappa shape index (κ2) is 4.25. The van der Waals surface area contributed by atoms with Crippen molar-refractivity contribution < 1.29 is 24.1 Å². The first kappa shape index (κ1) is 9.89. The molecule has 2 rings (SSSR count). The molecule has 0 aromatic heterocycles. The lowest BCUT2D eigenvalue weighted by Gasteiger charge is -2.14. The van der Waals surface area contributed by atoms with Gasteiger partial charge >= 0.3 is 5.97 Å². The largest absolute Gasteiger partial charge is 0.479 e. The van der Waals surface area contributed by atoms with Crippen LogP contribution in [0.15, 0.2) is 0 Å². The Kier molecular flexibility index (Phi) is 3.00. The third kappa shape index (κ3) is 2.23. The van der Waals surface area contributed by atoms with Gasteiger partial charge in [0.05, 0.1) is 12.7 Å². The van der Waals surface area contributed by atoms with Crippen LogP contribution in [0.4, 0.5) is 0 Å². The molecule has 3 atom stereocenters. The summed E-state index contributed by atoms with van der Waals surface area (Å²) in [4.78, 5) is 10.5. The van der Waals surface area contributed by atoms with E-state index in [-0.39, 0.29) is 12.7 Å². The summed E-state index contributed by atoms with van der Waals surface area (Å²) in [5, 5.41) is 8.66. The molecular weight excluding hydrogens is 188 g/mol. The zero-order chi connectivity index (χ0) is 9.97. The Morgan fingerprint density at radius 2 is 2.29 bits per heavy atom. The Labute approximate surface area is 81.9 Å². The lowest BCUT2D eigenvalue weighted by atomic mass is 10.2. The number of carbonyl (C=O) groups is 1. The lowest BCUT2D eigenvalue weighted by molar-refractivity contribution is -0.152. The summed E-state index contributed by atoms with van der Waals surface area (Å²) in [5.74, 6) is -0.958. The third-order valence-corrected chi connectivity index (χ3v) is 2.50. The van der Waals surface area contributed by atoms with E-state index < -0.39 is 18.4 Å². The molecule has 0 radical (unpaired) electrons. The predicted molar refractivity (Wildman–Crippen MR) is 45.8 cm³/mol. The number of carboxylic acids is 1. The van der Waals surface area contributed by atoms with Crippen LogP contribution in [0.3, 0.4) is 0 Å². The number of carboxylic acid groups (broad SMARTS) is 1. The van der Waals surface area contributed by atoms with Gasteiger partial charge in [0, 0.05) is 13.0 Å². The minimum atomic E-state index is -0.958. The van der Waals surface area contributed by atoms with E-state index >= 15 is 0 Å². The van der Waals surface area contributed by atoms with Gasteiger partial charge in [0.1, 0.15) is 0 Å². The van der Waals surface area contributed by atoms with Crippen LogP contribution in [0.1, 0.15) is 19.3 Å². The Morgan fingerprint density at radius 1 is 1.43 bits per heavy atom. The number of aliphatic carboxylic acids is 1. The molecule has 1 N–H and O–H groups in total. The Hall–Kier alpha value is -0.650. The van der Waals surface area contributed by atoms with Gasteiger partial charge in [-0.15, -0.1) is 0 Å². The fourth-order valence-corrected chi connectivity index (χ4v) is 1.75. The Morgan fingerprint density at radius 3 is 2.86 bits per heavy atom. The van der Waals surface area contributed by atoms with Crippen LogP contribution in [0.2, 0.25) is 0 Å². The van der Waals surface area contributed by atoms with Crippen LogP contribution >= 0.6 is 0 Å². The van der Waals surface area contributed by atoms with Crippen molar-refractivity contribution in [3.8, 4) is 0 Å². The van der Waals surface area contributed by atoms with Crippen LogP contribution < -0.4 is 0 Å². The zero-order valence-electron chi connectivity index (χ0n) is 7.85. The van der Waals surface area contributed by atoms with E-state index in [2.05, 4.69) is 0 Å². The number of hydrogen-bond acceptors (Lipinski definition) is 4. The Balaban J connectivity index is 1.75. The first-order valence-corrected chi connectivity index (χ1v) is 4.87. The maximum absolute atomic E-state index is 10.5. The van der Waals surface area contributed by atoms with Crippen molar-refractivity contribution >= 4 is 5.97 Å². The smallest absolute Gasteiger partial charge is 0.335 e. The van der Waals surface area contributed by atoms with E-state index in [9.17, 15) is 4.79 Å². The predicted octanol–water partition coefficient (Wildman–Crippen LogP) is 0.382. The summed E-state index contributed by atoms with van der Waals surface area (Å²) in [6.45, 7) is 0.937. The average Bonchev–Trinajstić information content (AvgIpc) is 2.75. The first-order valence-electron chi connectivity index (χ1n) is 4.87. The lowest BCUT2D eigenvalue weighted by Crippen LogP contribution is -2.24. The molecule has 2 aliphatic heterocycles. The molecule has 14 heavy (non-hydrogen) atoms. The van der Waals surface area contributed by atoms with Gasteiger partial charge in [-0.2, -0.15) is 0 Å². The van der Waals surface area contributed by atoms with E-state index in [4.69, 9.17) is 19.3 Å². The van der Waals surface area contributed by atoms with Crippen LogP contribution in [-0.4, -0.2) is 42.8 Å². The van der Waals surface area contributed by atoms with E-state index in [1.165, 1.54) is 0 Å². The van der Waals surface area contributed by atoms with Crippen LogP contribution in [0, 0.1) is 0 Å². The summed E-state index contributed by atoms with van der Waals surface area (Å²) in [7, 11) is 0. The number of ether oxygens (including phenoxy) is 3. The van der Waals surface area contributed by atoms with E-state index in [1.807, 2.05) is 0 Å². The van der Waals surface area contributed by atoms with Crippen molar-refractivity contribution in [3.05, 3.63) is 0 Å². The van der Waals surface area contributed by atoms with Gasteiger partial charge in [-0.05, 0) is 12.8 Å². The number of hydrogen-bond donors (Lipinski definition) is 1. The van der Waals surface area contributed by atoms with Gasteiger partial charge in [-0.25, -0.2) is 4.79 Å². The summed E-state index contributed by atoms with van der Waals surface area (Å²) in [5.41, 5.74) is 0. The van der Waals surface area contributed by atoms with Crippen LogP contribution in [0.25, 0.3) is 0 Å². The minimum Gasteiger partial charge on any atom is -0.479 e. The zero-order valence-corrected chi connectivity index (χ0v) is 7.85. The summed E-state index contributed by atoms with van der Waals surface area (Å²) in [6.07, 6.45) is 1.69. The van der Waals surface area contributed by atoms with Crippen LogP contribution in [-0.2, 0) is 19.0 Å². The highest BCUT2D eigenvalue weighted by Gasteiger charge is 2.33. The molecule has 5 nitrogen and oxygen atoms in total. The summed E-state index contributed by atoms with van der Waals surface area (Å²) >= 11 is 0. The van der Waals surface area contributed by atoms with Crippen molar-refractivity contribution in [1.29, 1.82) is 0 Å². The van der Waals surface area contributed by atoms with E-state index in [0.717, 1.165) is 19.4 Å². The van der Waals surface area contributed by atoms with E-state index in [1.54, 1.807) is 0 Å². The fraction of sp³-hybridized carbons (Fsp3) is 0.889. The van der Waals surface area contributed by atoms with Gasteiger partial charge in [0.2, 0.25) is 0 Å². The minimum absolute atomic E-state index is 0.146. The van der Waals surface area contributed by atoms with Crippen molar-refractivity contribution in [2.24, 2.45) is 0 Å². The molecule has 3 unspecified atom stereocenters. The van der Waals surface area contributed by atoms with Gasteiger partial charge in [-0.1, -0.05) is 0 Å². The van der Waals surface area contributed by atoms with Gasteiger partial charge in [0.25, 0.3) is 0 Å². The van der Waals surface area contributed by atoms with E-state index in [0.29, 0.717) is 6.42 Å². The molecule has 2 fully saturated rings. The molecule has 2 heterocycles. The van der Waals surface area contributed by atoms with Crippen molar-refractivity contribution in [2.75, 3.05) is 13.2 Å². The highest BCUT2D eigenvalue weighted by atomic mass is 16.7. The monoisotopic (exact) mass is 202 g/mol. The molecule has 2 saturated heterocycles. The maximum Gasteiger partial charge on any atom is 0.335 e. The van der Waals surface area contributed by atoms with Gasteiger partial charge in [-0.3, -0.25) is 0 Å². The molecule has 80 valence electrons. The molecule has 0 saturated carbocycles. The maximum atomic E-state index is 10.5. The highest BCUT2D eigenvalue weighted by molar-refractivity contribution is 5.72. The molecule has 0 bridgehead atoms. The molecule has 2 aliphatic rings. The molecule has 0 amide bonds. The fourth-order valence-electron chi connectivity index (χ4n) is 1.75.